The summed E-state index contributed by atoms with van der Waals surface area (Å²) in [5.41, 5.74) is 1.10. The van der Waals surface area contributed by atoms with Crippen molar-refractivity contribution in [2.45, 2.75) is 38.0 Å². The van der Waals surface area contributed by atoms with Gasteiger partial charge in [0.2, 0.25) is 0 Å². The van der Waals surface area contributed by atoms with Crippen LogP contribution < -0.4 is 0 Å². The Bertz CT molecular complexity index is 342. The van der Waals surface area contributed by atoms with Crippen molar-refractivity contribution >= 4 is 5.78 Å². The van der Waals surface area contributed by atoms with Crippen LogP contribution in [-0.4, -0.2) is 5.78 Å². The minimum Gasteiger partial charge on any atom is -0.300 e. The number of halogens is 1. The zero-order valence-corrected chi connectivity index (χ0v) is 8.71. The Labute approximate surface area is 89.3 Å². The molecule has 1 aromatic rings. The fraction of sp³-hybridized carbons (Fsp3) is 0.462. The zero-order chi connectivity index (χ0) is 10.7. The third kappa shape index (κ3) is 2.65. The average Bonchev–Trinajstić information content (AvgIpc) is 2.44. The van der Waals surface area contributed by atoms with Crippen LogP contribution in [0.25, 0.3) is 0 Å². The number of carbonyl (C=O) groups is 1. The lowest BCUT2D eigenvalue weighted by atomic mass is 9.91. The number of rotatable bonds is 1. The lowest BCUT2D eigenvalue weighted by Gasteiger charge is -2.13. The minimum atomic E-state index is -0.210. The van der Waals surface area contributed by atoms with Crippen LogP contribution in [0.4, 0.5) is 4.39 Å². The third-order valence-electron chi connectivity index (χ3n) is 3.07. The first-order chi connectivity index (χ1) is 7.25. The van der Waals surface area contributed by atoms with Crippen molar-refractivity contribution in [3.63, 3.8) is 0 Å². The maximum Gasteiger partial charge on any atom is 0.133 e. The number of hydrogen-bond donors (Lipinski definition) is 0. The van der Waals surface area contributed by atoms with E-state index in [4.69, 9.17) is 0 Å². The molecular formula is C13H15FO. The van der Waals surface area contributed by atoms with Crippen LogP contribution in [0.5, 0.6) is 0 Å². The van der Waals surface area contributed by atoms with E-state index < -0.39 is 0 Å². The predicted molar refractivity (Wildman–Crippen MR) is 57.2 cm³/mol. The molecule has 0 amide bonds. The molecule has 1 aromatic carbocycles. The molecule has 1 nitrogen and oxygen atoms in total. The quantitative estimate of drug-likeness (QED) is 0.643. The van der Waals surface area contributed by atoms with E-state index in [0.717, 1.165) is 31.2 Å². The topological polar surface area (TPSA) is 17.1 Å². The SMILES string of the molecule is O=C1CCCCC(c2ccc(F)cc2)C1. The van der Waals surface area contributed by atoms with Crippen LogP contribution in [-0.2, 0) is 4.79 Å². The fourth-order valence-electron chi connectivity index (χ4n) is 2.21. The highest BCUT2D eigenvalue weighted by Gasteiger charge is 2.18. The van der Waals surface area contributed by atoms with Crippen molar-refractivity contribution in [2.24, 2.45) is 0 Å². The van der Waals surface area contributed by atoms with Gasteiger partial charge in [-0.05, 0) is 36.5 Å². The molecule has 0 radical (unpaired) electrons. The summed E-state index contributed by atoms with van der Waals surface area (Å²) in [6.45, 7) is 0. The molecule has 1 saturated carbocycles. The number of carbonyl (C=O) groups excluding carboxylic acids is 1. The van der Waals surface area contributed by atoms with E-state index >= 15 is 0 Å². The summed E-state index contributed by atoms with van der Waals surface area (Å²) in [5.74, 6) is 0.445. The van der Waals surface area contributed by atoms with E-state index in [1.54, 1.807) is 12.1 Å². The molecule has 80 valence electrons. The lowest BCUT2D eigenvalue weighted by molar-refractivity contribution is -0.119. The minimum absolute atomic E-state index is 0.210. The van der Waals surface area contributed by atoms with Gasteiger partial charge in [-0.25, -0.2) is 4.39 Å². The van der Waals surface area contributed by atoms with Crippen LogP contribution >= 0.6 is 0 Å². The molecule has 1 aliphatic carbocycles. The molecule has 0 aliphatic heterocycles. The van der Waals surface area contributed by atoms with Gasteiger partial charge in [-0.2, -0.15) is 0 Å². The van der Waals surface area contributed by atoms with E-state index in [1.807, 2.05) is 0 Å². The van der Waals surface area contributed by atoms with Crippen LogP contribution in [0.15, 0.2) is 24.3 Å². The summed E-state index contributed by atoms with van der Waals surface area (Å²) in [6.07, 6.45) is 4.52. The van der Waals surface area contributed by atoms with Gasteiger partial charge >= 0.3 is 0 Å². The monoisotopic (exact) mass is 206 g/mol. The summed E-state index contributed by atoms with van der Waals surface area (Å²) < 4.78 is 12.7. The molecule has 1 aliphatic rings. The van der Waals surface area contributed by atoms with E-state index in [1.165, 1.54) is 12.1 Å². The van der Waals surface area contributed by atoms with Gasteiger partial charge in [0.05, 0.1) is 0 Å². The Hall–Kier alpha value is -1.18. The molecule has 0 saturated heterocycles. The molecular weight excluding hydrogens is 191 g/mol. The third-order valence-corrected chi connectivity index (χ3v) is 3.07. The van der Waals surface area contributed by atoms with Gasteiger partial charge in [-0.1, -0.05) is 18.6 Å². The van der Waals surface area contributed by atoms with Gasteiger partial charge in [-0.15, -0.1) is 0 Å². The Kier molecular flexibility index (Phi) is 3.14. The predicted octanol–water partition coefficient (Wildman–Crippen LogP) is 3.44. The van der Waals surface area contributed by atoms with Crippen LogP contribution in [0.3, 0.4) is 0 Å². The first-order valence-electron chi connectivity index (χ1n) is 5.53. The number of benzene rings is 1. The zero-order valence-electron chi connectivity index (χ0n) is 8.71. The van der Waals surface area contributed by atoms with Crippen molar-refractivity contribution in [3.8, 4) is 0 Å². The Morgan fingerprint density at radius 3 is 2.60 bits per heavy atom. The molecule has 0 aromatic heterocycles. The van der Waals surface area contributed by atoms with Gasteiger partial charge < -0.3 is 0 Å². The molecule has 2 rings (SSSR count). The van der Waals surface area contributed by atoms with Crippen molar-refractivity contribution in [1.29, 1.82) is 0 Å². The average molecular weight is 206 g/mol. The first-order valence-corrected chi connectivity index (χ1v) is 5.53. The molecule has 1 unspecified atom stereocenters. The lowest BCUT2D eigenvalue weighted by Crippen LogP contribution is -2.03. The summed E-state index contributed by atoms with van der Waals surface area (Å²) in [5, 5.41) is 0. The highest BCUT2D eigenvalue weighted by Crippen LogP contribution is 2.29. The highest BCUT2D eigenvalue weighted by molar-refractivity contribution is 5.79. The summed E-state index contributed by atoms with van der Waals surface area (Å²) in [4.78, 5) is 11.5. The van der Waals surface area contributed by atoms with E-state index in [-0.39, 0.29) is 5.82 Å². The van der Waals surface area contributed by atoms with Crippen molar-refractivity contribution < 1.29 is 9.18 Å². The maximum atomic E-state index is 12.7. The summed E-state index contributed by atoms with van der Waals surface area (Å²) in [7, 11) is 0. The normalized spacial score (nSPS) is 22.5. The molecule has 0 bridgehead atoms. The highest BCUT2D eigenvalue weighted by atomic mass is 19.1. The second kappa shape index (κ2) is 4.56. The van der Waals surface area contributed by atoms with Crippen LogP contribution in [0, 0.1) is 5.82 Å². The molecule has 15 heavy (non-hydrogen) atoms. The van der Waals surface area contributed by atoms with Crippen molar-refractivity contribution in [1.82, 2.24) is 0 Å². The Balaban J connectivity index is 2.14. The molecule has 0 spiro atoms. The van der Waals surface area contributed by atoms with Gasteiger partial charge in [0.1, 0.15) is 11.6 Å². The molecule has 1 fully saturated rings. The molecule has 2 heteroatoms. The number of hydrogen-bond acceptors (Lipinski definition) is 1. The molecule has 0 heterocycles. The van der Waals surface area contributed by atoms with E-state index in [9.17, 15) is 9.18 Å². The van der Waals surface area contributed by atoms with Crippen molar-refractivity contribution in [2.75, 3.05) is 0 Å². The van der Waals surface area contributed by atoms with Crippen LogP contribution in [0.1, 0.15) is 43.6 Å². The Morgan fingerprint density at radius 1 is 1.13 bits per heavy atom. The van der Waals surface area contributed by atoms with Gasteiger partial charge in [-0.3, -0.25) is 4.79 Å². The largest absolute Gasteiger partial charge is 0.300 e. The van der Waals surface area contributed by atoms with E-state index in [0.29, 0.717) is 18.1 Å². The number of Topliss-reactive ketones (excluding diaryl/α,β-unsaturated/α-hetero) is 1. The van der Waals surface area contributed by atoms with Gasteiger partial charge in [0, 0.05) is 12.8 Å². The first kappa shape index (κ1) is 10.3. The van der Waals surface area contributed by atoms with E-state index in [2.05, 4.69) is 0 Å². The summed E-state index contributed by atoms with van der Waals surface area (Å²) >= 11 is 0. The van der Waals surface area contributed by atoms with Crippen LogP contribution in [0.2, 0.25) is 0 Å². The fourth-order valence-corrected chi connectivity index (χ4v) is 2.21. The summed E-state index contributed by atoms with van der Waals surface area (Å²) in [6, 6.07) is 6.56. The standard InChI is InChI=1S/C13H15FO/c14-12-7-5-10(6-8-12)11-3-1-2-4-13(15)9-11/h5-8,11H,1-4,9H2. The second-order valence-electron chi connectivity index (χ2n) is 4.24. The second-order valence-corrected chi connectivity index (χ2v) is 4.24. The van der Waals surface area contributed by atoms with Crippen molar-refractivity contribution in [3.05, 3.63) is 35.6 Å². The Morgan fingerprint density at radius 2 is 1.87 bits per heavy atom. The maximum absolute atomic E-state index is 12.7. The van der Waals surface area contributed by atoms with Gasteiger partial charge in [0.25, 0.3) is 0 Å². The smallest absolute Gasteiger partial charge is 0.133 e. The molecule has 1 atom stereocenters. The molecule has 0 N–H and O–H groups in total. The number of ketones is 1. The van der Waals surface area contributed by atoms with Gasteiger partial charge in [0.15, 0.2) is 0 Å².